The Labute approximate surface area is 52.3 Å². The smallest absolute Gasteiger partial charge is 0.166 e. The Kier molecular flexibility index (Phi) is 1.41. The molecule has 38 valence electrons. The van der Waals surface area contributed by atoms with E-state index in [0.29, 0.717) is 4.60 Å². The lowest BCUT2D eigenvalue weighted by atomic mass is 10.8. The van der Waals surface area contributed by atoms with Crippen LogP contribution >= 0.6 is 26.9 Å². The molecule has 0 amide bonds. The molecule has 0 aliphatic carbocycles. The number of aromatic nitrogens is 1. The van der Waals surface area contributed by atoms with Gasteiger partial charge in [0, 0.05) is 6.07 Å². The first-order chi connectivity index (χ1) is 3.29. The Hall–Kier alpha value is 0.0700. The van der Waals surface area contributed by atoms with E-state index in [9.17, 15) is 4.55 Å². The van der Waals surface area contributed by atoms with Gasteiger partial charge in [-0.1, -0.05) is 0 Å². The molecule has 0 aliphatic heterocycles. The number of nitrogens with zero attached hydrogens (tertiary/aromatic N) is 1. The van der Waals surface area contributed by atoms with Gasteiger partial charge in [-0.25, -0.2) is 0 Å². The first-order valence-electron chi connectivity index (χ1n) is 1.62. The minimum Gasteiger partial charge on any atom is -0.569 e. The van der Waals surface area contributed by atoms with Crippen LogP contribution in [0.3, 0.4) is 0 Å². The van der Waals surface area contributed by atoms with E-state index in [1.165, 1.54) is 5.38 Å². The Morgan fingerprint density at radius 2 is 2.57 bits per heavy atom. The normalized spacial score (nSPS) is 12.0. The SMILES string of the molecule is [O-][s+]1ccc(Br)n1. The summed E-state index contributed by atoms with van der Waals surface area (Å²) < 4.78 is 14.5. The van der Waals surface area contributed by atoms with Crippen molar-refractivity contribution in [2.45, 2.75) is 0 Å². The molecule has 0 aliphatic rings. The second-order valence-electron chi connectivity index (χ2n) is 0.993. The minimum absolute atomic E-state index is 0.658. The molecule has 0 N–H and O–H groups in total. The van der Waals surface area contributed by atoms with E-state index in [1.54, 1.807) is 6.07 Å². The van der Waals surface area contributed by atoms with Crippen molar-refractivity contribution in [2.24, 2.45) is 0 Å². The van der Waals surface area contributed by atoms with Crippen LogP contribution in [0.4, 0.5) is 0 Å². The highest BCUT2D eigenvalue weighted by molar-refractivity contribution is 9.10. The van der Waals surface area contributed by atoms with Gasteiger partial charge in [0.1, 0.15) is 0 Å². The van der Waals surface area contributed by atoms with Gasteiger partial charge < -0.3 is 4.55 Å². The molecule has 1 aromatic rings. The van der Waals surface area contributed by atoms with E-state index >= 15 is 0 Å². The maximum atomic E-state index is 10.3. The Bertz CT molecular complexity index is 147. The standard InChI is InChI=1S/C3H2BrNOS/c4-3-1-2-7(6)5-3/h1-2H. The molecule has 2 nitrogen and oxygen atoms in total. The second-order valence-corrected chi connectivity index (χ2v) is 2.81. The molecular weight excluding hydrogens is 178 g/mol. The fourth-order valence-electron chi connectivity index (χ4n) is 0.261. The van der Waals surface area contributed by atoms with Gasteiger partial charge in [-0.3, -0.25) is 0 Å². The largest absolute Gasteiger partial charge is 0.569 e. The third-order valence-electron chi connectivity index (χ3n) is 0.499. The van der Waals surface area contributed by atoms with E-state index < -0.39 is 10.9 Å². The Morgan fingerprint density at radius 1 is 1.86 bits per heavy atom. The van der Waals surface area contributed by atoms with Gasteiger partial charge in [0.15, 0.2) is 9.98 Å². The van der Waals surface area contributed by atoms with Crippen LogP contribution in [0.1, 0.15) is 0 Å². The highest BCUT2D eigenvalue weighted by Gasteiger charge is 1.93. The molecule has 1 atom stereocenters. The van der Waals surface area contributed by atoms with Gasteiger partial charge in [0.2, 0.25) is 0 Å². The van der Waals surface area contributed by atoms with E-state index in [-0.39, 0.29) is 0 Å². The first-order valence-corrected chi connectivity index (χ1v) is 3.58. The lowest BCUT2D eigenvalue weighted by Gasteiger charge is -1.72. The molecule has 0 saturated heterocycles. The second kappa shape index (κ2) is 1.90. The molecule has 0 fully saturated rings. The van der Waals surface area contributed by atoms with Crippen molar-refractivity contribution in [1.29, 1.82) is 0 Å². The van der Waals surface area contributed by atoms with E-state index in [2.05, 4.69) is 20.3 Å². The fraction of sp³-hybridized carbons (Fsp3) is 0. The zero-order chi connectivity index (χ0) is 5.28. The molecule has 0 bridgehead atoms. The van der Waals surface area contributed by atoms with Gasteiger partial charge in [-0.15, -0.1) is 0 Å². The highest BCUT2D eigenvalue weighted by atomic mass is 79.9. The monoisotopic (exact) mass is 179 g/mol. The molecule has 1 aromatic heterocycles. The van der Waals surface area contributed by atoms with Crippen LogP contribution in [0.25, 0.3) is 0 Å². The lowest BCUT2D eigenvalue weighted by molar-refractivity contribution is 0.591. The number of hydrogen-bond acceptors (Lipinski definition) is 2. The van der Waals surface area contributed by atoms with Crippen molar-refractivity contribution in [3.8, 4) is 0 Å². The topological polar surface area (TPSA) is 36.0 Å². The molecule has 1 unspecified atom stereocenters. The Balaban J connectivity index is 3.04. The summed E-state index contributed by atoms with van der Waals surface area (Å²) in [5.41, 5.74) is 0. The van der Waals surface area contributed by atoms with Crippen molar-refractivity contribution in [1.82, 2.24) is 4.37 Å². The zero-order valence-corrected chi connectivity index (χ0v) is 5.70. The van der Waals surface area contributed by atoms with Crippen LogP contribution in [0, 0.1) is 0 Å². The lowest BCUT2D eigenvalue weighted by Crippen LogP contribution is -1.55. The molecule has 7 heavy (non-hydrogen) atoms. The van der Waals surface area contributed by atoms with Crippen LogP contribution in [-0.4, -0.2) is 8.93 Å². The van der Waals surface area contributed by atoms with Gasteiger partial charge >= 0.3 is 0 Å². The first kappa shape index (κ1) is 5.21. The average molecular weight is 180 g/mol. The summed E-state index contributed by atoms with van der Waals surface area (Å²) in [6.07, 6.45) is 0. The van der Waals surface area contributed by atoms with Crippen LogP contribution in [0.15, 0.2) is 16.0 Å². The van der Waals surface area contributed by atoms with Crippen molar-refractivity contribution in [3.05, 3.63) is 16.0 Å². The minimum atomic E-state index is -1.09. The van der Waals surface area contributed by atoms with Crippen LogP contribution < -0.4 is 0 Å². The summed E-state index contributed by atoms with van der Waals surface area (Å²) in [4.78, 5) is 0. The van der Waals surface area contributed by atoms with Crippen molar-refractivity contribution < 1.29 is 4.55 Å². The van der Waals surface area contributed by atoms with E-state index in [1.807, 2.05) is 0 Å². The average Bonchev–Trinajstić information content (AvgIpc) is 1.87. The third kappa shape index (κ3) is 1.22. The molecule has 4 heteroatoms. The van der Waals surface area contributed by atoms with Gasteiger partial charge in [-0.2, -0.15) is 0 Å². The molecule has 0 aromatic carbocycles. The summed E-state index contributed by atoms with van der Waals surface area (Å²) in [5.74, 6) is 0. The van der Waals surface area contributed by atoms with Gasteiger partial charge in [0.05, 0.1) is 10.9 Å². The summed E-state index contributed by atoms with van der Waals surface area (Å²) in [7, 11) is -1.09. The maximum Gasteiger partial charge on any atom is 0.166 e. The quantitative estimate of drug-likeness (QED) is 0.568. The maximum absolute atomic E-state index is 10.3. The predicted octanol–water partition coefficient (Wildman–Crippen LogP) is 1.57. The number of hydrogen-bond donors (Lipinski definition) is 0. The summed E-state index contributed by atoms with van der Waals surface area (Å²) in [5, 5.41) is 1.52. The number of rotatable bonds is 0. The fourth-order valence-corrected chi connectivity index (χ4v) is 1.54. The summed E-state index contributed by atoms with van der Waals surface area (Å²) in [6, 6.07) is 1.66. The molecule has 0 radical (unpaired) electrons. The highest BCUT2D eigenvalue weighted by Crippen LogP contribution is 2.13. The summed E-state index contributed by atoms with van der Waals surface area (Å²) in [6.45, 7) is 0. The van der Waals surface area contributed by atoms with Crippen LogP contribution in [0.5, 0.6) is 0 Å². The molecule has 1 rings (SSSR count). The Morgan fingerprint density at radius 3 is 2.71 bits per heavy atom. The van der Waals surface area contributed by atoms with Crippen LogP contribution in [-0.2, 0) is 0 Å². The van der Waals surface area contributed by atoms with Gasteiger partial charge in [-0.05, 0) is 20.3 Å². The summed E-state index contributed by atoms with van der Waals surface area (Å²) >= 11 is 3.05. The van der Waals surface area contributed by atoms with Gasteiger partial charge in [0.25, 0.3) is 0 Å². The van der Waals surface area contributed by atoms with Crippen LogP contribution in [0.2, 0.25) is 0 Å². The van der Waals surface area contributed by atoms with E-state index in [4.69, 9.17) is 0 Å². The van der Waals surface area contributed by atoms with Crippen molar-refractivity contribution in [3.63, 3.8) is 0 Å². The zero-order valence-electron chi connectivity index (χ0n) is 3.30. The van der Waals surface area contributed by atoms with E-state index in [0.717, 1.165) is 0 Å². The predicted molar refractivity (Wildman–Crippen MR) is 30.6 cm³/mol. The molecular formula is C3H2BrNOS. The molecule has 0 spiro atoms. The third-order valence-corrected chi connectivity index (χ3v) is 1.92. The van der Waals surface area contributed by atoms with Crippen molar-refractivity contribution in [2.75, 3.05) is 0 Å². The molecule has 1 heterocycles. The molecule has 0 saturated carbocycles. The number of halogens is 1. The van der Waals surface area contributed by atoms with Crippen molar-refractivity contribution >= 4 is 26.9 Å².